The Bertz CT molecular complexity index is 1390. The predicted molar refractivity (Wildman–Crippen MR) is 149 cm³/mol. The molecule has 1 unspecified atom stereocenters. The molecule has 0 radical (unpaired) electrons. The van der Waals surface area contributed by atoms with Crippen molar-refractivity contribution in [3.63, 3.8) is 0 Å². The molecular formula is C28H32F2N5O3P. The first-order chi connectivity index (χ1) is 18.3. The molecule has 4 rings (SSSR count). The van der Waals surface area contributed by atoms with Crippen LogP contribution in [0.1, 0.15) is 66.6 Å². The highest BCUT2D eigenvalue weighted by Crippen LogP contribution is 2.36. The van der Waals surface area contributed by atoms with E-state index in [0.29, 0.717) is 17.7 Å². The second kappa shape index (κ2) is 11.1. The maximum atomic E-state index is 15.2. The lowest BCUT2D eigenvalue weighted by atomic mass is 9.87. The average Bonchev–Trinajstić information content (AvgIpc) is 2.86. The van der Waals surface area contributed by atoms with E-state index in [0.717, 1.165) is 12.1 Å². The van der Waals surface area contributed by atoms with Gasteiger partial charge in [-0.25, -0.2) is 13.8 Å². The van der Waals surface area contributed by atoms with Crippen LogP contribution in [-0.2, 0) is 4.74 Å². The van der Waals surface area contributed by atoms with Crippen molar-refractivity contribution in [3.05, 3.63) is 71.2 Å². The number of benzene rings is 1. The Balaban J connectivity index is 1.64. The predicted octanol–water partition coefficient (Wildman–Crippen LogP) is 3.91. The summed E-state index contributed by atoms with van der Waals surface area (Å²) in [7, 11) is 2.28. The van der Waals surface area contributed by atoms with E-state index in [2.05, 4.69) is 24.5 Å². The van der Waals surface area contributed by atoms with E-state index in [9.17, 15) is 14.0 Å². The van der Waals surface area contributed by atoms with Gasteiger partial charge in [-0.2, -0.15) is 0 Å². The molecular weight excluding hydrogens is 523 g/mol. The van der Waals surface area contributed by atoms with Crippen molar-refractivity contribution in [3.8, 4) is 11.3 Å². The summed E-state index contributed by atoms with van der Waals surface area (Å²) in [5.74, 6) is -2.64. The number of aromatic nitrogens is 2. The van der Waals surface area contributed by atoms with Crippen molar-refractivity contribution in [2.45, 2.75) is 57.9 Å². The third-order valence-corrected chi connectivity index (χ3v) is 7.47. The van der Waals surface area contributed by atoms with Crippen molar-refractivity contribution in [2.75, 3.05) is 5.32 Å². The zero-order valence-corrected chi connectivity index (χ0v) is 23.3. The molecule has 5 atom stereocenters. The number of rotatable bonds is 6. The smallest absolute Gasteiger partial charge is 0.274 e. The monoisotopic (exact) mass is 555 g/mol. The molecule has 3 heterocycles. The van der Waals surface area contributed by atoms with Gasteiger partial charge in [-0.1, -0.05) is 6.92 Å². The van der Waals surface area contributed by atoms with Crippen LogP contribution in [0.15, 0.2) is 42.7 Å². The largest absolute Gasteiger partial charge is 0.370 e. The summed E-state index contributed by atoms with van der Waals surface area (Å²) >= 11 is 0. The van der Waals surface area contributed by atoms with Gasteiger partial charge < -0.3 is 21.5 Å². The molecule has 206 valence electrons. The van der Waals surface area contributed by atoms with Gasteiger partial charge in [0.05, 0.1) is 29.6 Å². The van der Waals surface area contributed by atoms with Crippen LogP contribution in [0.25, 0.3) is 11.3 Å². The third kappa shape index (κ3) is 6.04. The molecule has 11 heteroatoms. The summed E-state index contributed by atoms with van der Waals surface area (Å²) < 4.78 is 36.2. The molecule has 1 aliphatic heterocycles. The first kappa shape index (κ1) is 28.8. The number of hydrogen-bond acceptors (Lipinski definition) is 7. The number of amides is 1. The van der Waals surface area contributed by atoms with Crippen LogP contribution in [0.5, 0.6) is 0 Å². The average molecular weight is 556 g/mol. The Kier molecular flexibility index (Phi) is 8.23. The Hall–Kier alpha value is -3.17. The normalized spacial score (nSPS) is 21.5. The molecule has 1 aromatic carbocycles. The van der Waals surface area contributed by atoms with Crippen molar-refractivity contribution >= 4 is 31.9 Å². The van der Waals surface area contributed by atoms with Gasteiger partial charge >= 0.3 is 0 Å². The van der Waals surface area contributed by atoms with Crippen LogP contribution >= 0.6 is 9.24 Å². The second-order valence-corrected chi connectivity index (χ2v) is 11.1. The maximum Gasteiger partial charge on any atom is 0.274 e. The van der Waals surface area contributed by atoms with Gasteiger partial charge in [0.1, 0.15) is 23.0 Å². The fourth-order valence-corrected chi connectivity index (χ4v) is 5.00. The molecule has 1 saturated heterocycles. The van der Waals surface area contributed by atoms with Gasteiger partial charge in [0.25, 0.3) is 5.91 Å². The Labute approximate surface area is 228 Å². The fraction of sp³-hybridized carbons (Fsp3) is 0.357. The van der Waals surface area contributed by atoms with Crippen molar-refractivity contribution < 1.29 is 23.1 Å². The molecule has 0 bridgehead atoms. The van der Waals surface area contributed by atoms with Crippen LogP contribution in [0.4, 0.5) is 14.5 Å². The SMILES string of the molecule is C[C@@H]1[C@H](N)C[C@H](c2ccncc2NC(=O)c2ccc(F)c(-c3c(F)cc(C(=O)C(C)(C)N)cc3P)n2)O[C@@H]1C. The molecule has 0 aliphatic carbocycles. The molecule has 0 spiro atoms. The number of nitrogens with two attached hydrogens (primary N) is 2. The Morgan fingerprint density at radius 3 is 2.51 bits per heavy atom. The van der Waals surface area contributed by atoms with Gasteiger partial charge in [0, 0.05) is 28.9 Å². The summed E-state index contributed by atoms with van der Waals surface area (Å²) in [4.78, 5) is 34.0. The first-order valence-corrected chi connectivity index (χ1v) is 13.1. The van der Waals surface area contributed by atoms with E-state index in [1.54, 1.807) is 12.3 Å². The van der Waals surface area contributed by atoms with Crippen molar-refractivity contribution in [1.29, 1.82) is 0 Å². The lowest BCUT2D eigenvalue weighted by Gasteiger charge is -2.38. The minimum absolute atomic E-state index is 0.0422. The van der Waals surface area contributed by atoms with E-state index >= 15 is 4.39 Å². The summed E-state index contributed by atoms with van der Waals surface area (Å²) in [6, 6.07) is 6.31. The molecule has 3 aromatic rings. The van der Waals surface area contributed by atoms with E-state index in [1.165, 1.54) is 32.2 Å². The highest BCUT2D eigenvalue weighted by atomic mass is 31.0. The molecule has 1 amide bonds. The van der Waals surface area contributed by atoms with Gasteiger partial charge in [-0.15, -0.1) is 9.24 Å². The number of ether oxygens (including phenoxy) is 1. The molecule has 0 saturated carbocycles. The number of nitrogens with one attached hydrogen (secondary N) is 1. The van der Waals surface area contributed by atoms with Crippen molar-refractivity contribution in [1.82, 2.24) is 9.97 Å². The van der Waals surface area contributed by atoms with E-state index < -0.39 is 28.9 Å². The maximum absolute atomic E-state index is 15.2. The standard InChI is InChI=1S/C28H32F2N5O3P/c1-13-14(2)38-22(11-19(13)31)16-7-8-33-12-21(16)35-27(37)20-6-5-17(29)25(34-20)24-18(30)9-15(10-23(24)39)26(36)28(3,4)32/h5-10,12-14,19,22H,11,31-32,39H2,1-4H3,(H,35,37)/t13-,14+,19+,22+/m0/s1. The minimum Gasteiger partial charge on any atom is -0.370 e. The second-order valence-electron chi connectivity index (χ2n) is 10.5. The molecule has 5 N–H and O–H groups in total. The highest BCUT2D eigenvalue weighted by molar-refractivity contribution is 7.28. The molecule has 2 aromatic heterocycles. The zero-order valence-electron chi connectivity index (χ0n) is 22.2. The number of hydrogen-bond donors (Lipinski definition) is 3. The number of pyridine rings is 2. The van der Waals surface area contributed by atoms with E-state index in [-0.39, 0.29) is 52.0 Å². The topological polar surface area (TPSA) is 133 Å². The van der Waals surface area contributed by atoms with E-state index in [4.69, 9.17) is 16.2 Å². The minimum atomic E-state index is -1.22. The lowest BCUT2D eigenvalue weighted by Crippen LogP contribution is -2.43. The van der Waals surface area contributed by atoms with Crippen LogP contribution in [-0.4, -0.2) is 39.3 Å². The first-order valence-electron chi connectivity index (χ1n) is 12.5. The van der Waals surface area contributed by atoms with Gasteiger partial charge in [-0.05, 0) is 68.7 Å². The molecule has 39 heavy (non-hydrogen) atoms. The number of carbonyl (C=O) groups is 2. The van der Waals surface area contributed by atoms with Crippen LogP contribution < -0.4 is 22.1 Å². The fourth-order valence-electron chi connectivity index (χ4n) is 4.55. The van der Waals surface area contributed by atoms with Gasteiger partial charge in [-0.3, -0.25) is 14.6 Å². The number of carbonyl (C=O) groups excluding carboxylic acids is 2. The molecule has 1 fully saturated rings. The van der Waals surface area contributed by atoms with Crippen LogP contribution in [0, 0.1) is 17.6 Å². The summed E-state index contributed by atoms with van der Waals surface area (Å²) in [5, 5.41) is 2.96. The number of halogens is 2. The van der Waals surface area contributed by atoms with Crippen LogP contribution in [0.3, 0.4) is 0 Å². The quantitative estimate of drug-likeness (QED) is 0.310. The molecule has 8 nitrogen and oxygen atoms in total. The summed E-state index contributed by atoms with van der Waals surface area (Å²) in [6.45, 7) is 7.01. The number of anilines is 1. The summed E-state index contributed by atoms with van der Waals surface area (Å²) in [6.07, 6.45) is 3.22. The van der Waals surface area contributed by atoms with E-state index in [1.807, 2.05) is 13.8 Å². The van der Waals surface area contributed by atoms with Gasteiger partial charge in [0.15, 0.2) is 5.78 Å². The van der Waals surface area contributed by atoms with Gasteiger partial charge in [0.2, 0.25) is 0 Å². The third-order valence-electron chi connectivity index (χ3n) is 7.01. The van der Waals surface area contributed by atoms with Crippen LogP contribution in [0.2, 0.25) is 0 Å². The number of ketones is 1. The van der Waals surface area contributed by atoms with Crippen molar-refractivity contribution in [2.24, 2.45) is 17.4 Å². The lowest BCUT2D eigenvalue weighted by molar-refractivity contribution is -0.0790. The Morgan fingerprint density at radius 1 is 1.15 bits per heavy atom. The summed E-state index contributed by atoms with van der Waals surface area (Å²) in [5.41, 5.74) is 11.4. The Morgan fingerprint density at radius 2 is 1.87 bits per heavy atom. The highest BCUT2D eigenvalue weighted by Gasteiger charge is 2.33. The zero-order chi connectivity index (χ0) is 28.6. The number of Topliss-reactive ketones (excluding diaryl/α,β-unsaturated/α-hetero) is 1. The number of nitrogens with zero attached hydrogens (tertiary/aromatic N) is 2. The molecule has 1 aliphatic rings.